The lowest BCUT2D eigenvalue weighted by molar-refractivity contribution is -0.133. The van der Waals surface area contributed by atoms with Crippen molar-refractivity contribution in [2.24, 2.45) is 0 Å². The van der Waals surface area contributed by atoms with Gasteiger partial charge in [-0.3, -0.25) is 9.59 Å². The van der Waals surface area contributed by atoms with Crippen molar-refractivity contribution in [3.63, 3.8) is 0 Å². The van der Waals surface area contributed by atoms with Crippen LogP contribution < -0.4 is 10.2 Å². The highest BCUT2D eigenvalue weighted by molar-refractivity contribution is 7.99. The lowest BCUT2D eigenvalue weighted by Crippen LogP contribution is -2.54. The highest BCUT2D eigenvalue weighted by atomic mass is 35.5. The summed E-state index contributed by atoms with van der Waals surface area (Å²) < 4.78 is 0. The fourth-order valence-electron chi connectivity index (χ4n) is 3.05. The molecule has 0 saturated carbocycles. The van der Waals surface area contributed by atoms with Crippen LogP contribution in [0.5, 0.6) is 0 Å². The number of piperazine rings is 1. The van der Waals surface area contributed by atoms with Crippen LogP contribution in [-0.4, -0.2) is 64.2 Å². The van der Waals surface area contributed by atoms with Crippen LogP contribution >= 0.6 is 23.4 Å². The molecule has 7 nitrogen and oxygen atoms in total. The molecule has 0 radical (unpaired) electrons. The number of hydrogen-bond acceptors (Lipinski definition) is 6. The van der Waals surface area contributed by atoms with Crippen LogP contribution in [0, 0.1) is 0 Å². The van der Waals surface area contributed by atoms with E-state index in [2.05, 4.69) is 27.1 Å². The third kappa shape index (κ3) is 6.51. The predicted octanol–water partition coefficient (Wildman–Crippen LogP) is 2.97. The summed E-state index contributed by atoms with van der Waals surface area (Å²) >= 11 is 7.47. The second-order valence-electron chi connectivity index (χ2n) is 7.13. The summed E-state index contributed by atoms with van der Waals surface area (Å²) in [5.41, 5.74) is 0. The first-order valence-corrected chi connectivity index (χ1v) is 11.2. The standard InChI is InChI=1S/C19H30ClN5O2S/c1-5-7-18(27)25-9-8-24(11-14(25)4)16-10-15(20)22-19(23-16)28-12-17(26)21-13(3)6-2/h10,13-14H,5-9,11-12H2,1-4H3,(H,21,26)/t13-,14+/m0/s1. The summed E-state index contributed by atoms with van der Waals surface area (Å²) in [5, 5.41) is 3.77. The lowest BCUT2D eigenvalue weighted by atomic mass is 10.1. The van der Waals surface area contributed by atoms with E-state index in [-0.39, 0.29) is 29.7 Å². The van der Waals surface area contributed by atoms with Crippen molar-refractivity contribution in [2.45, 2.75) is 64.2 Å². The summed E-state index contributed by atoms with van der Waals surface area (Å²) in [4.78, 5) is 37.1. The molecule has 2 rings (SSSR count). The highest BCUT2D eigenvalue weighted by Crippen LogP contribution is 2.24. The Kier molecular flexibility index (Phi) is 8.82. The largest absolute Gasteiger partial charge is 0.353 e. The number of nitrogens with zero attached hydrogens (tertiary/aromatic N) is 4. The van der Waals surface area contributed by atoms with Gasteiger partial charge < -0.3 is 15.1 Å². The molecular weight excluding hydrogens is 398 g/mol. The third-order valence-corrected chi connectivity index (χ3v) is 5.79. The van der Waals surface area contributed by atoms with Gasteiger partial charge in [0.2, 0.25) is 11.8 Å². The molecule has 156 valence electrons. The number of aromatic nitrogens is 2. The Morgan fingerprint density at radius 1 is 1.36 bits per heavy atom. The molecule has 0 spiro atoms. The first-order chi connectivity index (χ1) is 13.3. The quantitative estimate of drug-likeness (QED) is 0.390. The molecule has 1 saturated heterocycles. The molecule has 0 aliphatic carbocycles. The maximum Gasteiger partial charge on any atom is 0.230 e. The summed E-state index contributed by atoms with van der Waals surface area (Å²) in [6.07, 6.45) is 2.33. The topological polar surface area (TPSA) is 78.4 Å². The zero-order valence-electron chi connectivity index (χ0n) is 17.1. The third-order valence-electron chi connectivity index (χ3n) is 4.75. The predicted molar refractivity (Wildman–Crippen MR) is 114 cm³/mol. The van der Waals surface area contributed by atoms with Gasteiger partial charge in [0, 0.05) is 44.2 Å². The Bertz CT molecular complexity index is 690. The SMILES string of the molecule is CCCC(=O)N1CCN(c2cc(Cl)nc(SCC(=O)N[C@@H](C)CC)n2)C[C@H]1C. The molecule has 0 unspecified atom stereocenters. The Morgan fingerprint density at radius 3 is 2.75 bits per heavy atom. The van der Waals surface area contributed by atoms with Gasteiger partial charge in [0.1, 0.15) is 11.0 Å². The van der Waals surface area contributed by atoms with Crippen LogP contribution in [0.15, 0.2) is 11.2 Å². The monoisotopic (exact) mass is 427 g/mol. The van der Waals surface area contributed by atoms with E-state index in [9.17, 15) is 9.59 Å². The zero-order valence-corrected chi connectivity index (χ0v) is 18.6. The fourth-order valence-corrected chi connectivity index (χ4v) is 3.95. The van der Waals surface area contributed by atoms with Crippen molar-refractivity contribution in [1.82, 2.24) is 20.2 Å². The summed E-state index contributed by atoms with van der Waals surface area (Å²) in [5.74, 6) is 1.15. The number of nitrogens with one attached hydrogen (secondary N) is 1. The van der Waals surface area contributed by atoms with Crippen LogP contribution in [0.3, 0.4) is 0 Å². The molecule has 2 heterocycles. The molecule has 1 aliphatic heterocycles. The van der Waals surface area contributed by atoms with Crippen LogP contribution in [0.25, 0.3) is 0 Å². The molecule has 2 amide bonds. The van der Waals surface area contributed by atoms with E-state index < -0.39 is 0 Å². The second-order valence-corrected chi connectivity index (χ2v) is 8.46. The van der Waals surface area contributed by atoms with E-state index in [4.69, 9.17) is 11.6 Å². The number of halogens is 1. The van der Waals surface area contributed by atoms with Gasteiger partial charge in [-0.05, 0) is 26.7 Å². The fraction of sp³-hybridized carbons (Fsp3) is 0.684. The Balaban J connectivity index is 1.99. The minimum Gasteiger partial charge on any atom is -0.353 e. The van der Waals surface area contributed by atoms with Crippen molar-refractivity contribution in [3.05, 3.63) is 11.2 Å². The normalized spacial score (nSPS) is 18.1. The average Bonchev–Trinajstić information content (AvgIpc) is 2.65. The summed E-state index contributed by atoms with van der Waals surface area (Å²) in [6.45, 7) is 10.1. The molecule has 1 aliphatic rings. The van der Waals surface area contributed by atoms with Gasteiger partial charge in [0.05, 0.1) is 5.75 Å². The number of rotatable bonds is 8. The van der Waals surface area contributed by atoms with E-state index >= 15 is 0 Å². The van der Waals surface area contributed by atoms with Crippen LogP contribution in [0.2, 0.25) is 5.15 Å². The number of carbonyl (C=O) groups excluding carboxylic acids is 2. The number of carbonyl (C=O) groups is 2. The highest BCUT2D eigenvalue weighted by Gasteiger charge is 2.28. The van der Waals surface area contributed by atoms with Gasteiger partial charge in [-0.2, -0.15) is 0 Å². The lowest BCUT2D eigenvalue weighted by Gasteiger charge is -2.40. The minimum atomic E-state index is -0.0406. The smallest absolute Gasteiger partial charge is 0.230 e. The van der Waals surface area contributed by atoms with Crippen molar-refractivity contribution < 1.29 is 9.59 Å². The first-order valence-electron chi connectivity index (χ1n) is 9.85. The average molecular weight is 428 g/mol. The Labute approximate surface area is 176 Å². The molecule has 1 fully saturated rings. The molecule has 0 bridgehead atoms. The molecule has 9 heteroatoms. The molecule has 0 aromatic carbocycles. The zero-order chi connectivity index (χ0) is 20.7. The molecule has 1 aromatic rings. The molecule has 1 N–H and O–H groups in total. The Morgan fingerprint density at radius 2 is 2.11 bits per heavy atom. The summed E-state index contributed by atoms with van der Waals surface area (Å²) in [6, 6.07) is 2.00. The maximum absolute atomic E-state index is 12.2. The minimum absolute atomic E-state index is 0.0406. The molecular formula is C19H30ClN5O2S. The van der Waals surface area contributed by atoms with E-state index in [1.54, 1.807) is 6.07 Å². The summed E-state index contributed by atoms with van der Waals surface area (Å²) in [7, 11) is 0. The van der Waals surface area contributed by atoms with Gasteiger partial charge in [0.25, 0.3) is 0 Å². The number of thioether (sulfide) groups is 1. The van der Waals surface area contributed by atoms with E-state index in [0.717, 1.165) is 18.7 Å². The van der Waals surface area contributed by atoms with Gasteiger partial charge in [-0.1, -0.05) is 37.2 Å². The Hall–Kier alpha value is -1.54. The van der Waals surface area contributed by atoms with E-state index in [1.807, 2.05) is 25.7 Å². The van der Waals surface area contributed by atoms with Crippen molar-refractivity contribution in [1.29, 1.82) is 0 Å². The van der Waals surface area contributed by atoms with Crippen molar-refractivity contribution in [2.75, 3.05) is 30.3 Å². The molecule has 1 aromatic heterocycles. The number of hydrogen-bond donors (Lipinski definition) is 1. The number of amides is 2. The van der Waals surface area contributed by atoms with Crippen LogP contribution in [0.1, 0.15) is 47.0 Å². The van der Waals surface area contributed by atoms with E-state index in [0.29, 0.717) is 36.4 Å². The molecule has 28 heavy (non-hydrogen) atoms. The van der Waals surface area contributed by atoms with Gasteiger partial charge >= 0.3 is 0 Å². The van der Waals surface area contributed by atoms with Crippen molar-refractivity contribution in [3.8, 4) is 0 Å². The first kappa shape index (κ1) is 22.7. The van der Waals surface area contributed by atoms with Gasteiger partial charge in [0.15, 0.2) is 5.16 Å². The van der Waals surface area contributed by atoms with Gasteiger partial charge in [-0.15, -0.1) is 0 Å². The van der Waals surface area contributed by atoms with Crippen LogP contribution in [0.4, 0.5) is 5.82 Å². The second kappa shape index (κ2) is 10.9. The van der Waals surface area contributed by atoms with Gasteiger partial charge in [-0.25, -0.2) is 9.97 Å². The number of anilines is 1. The maximum atomic E-state index is 12.2. The van der Waals surface area contributed by atoms with Crippen molar-refractivity contribution >= 4 is 41.0 Å². The molecule has 2 atom stereocenters. The van der Waals surface area contributed by atoms with E-state index in [1.165, 1.54) is 11.8 Å². The van der Waals surface area contributed by atoms with Crippen LogP contribution in [-0.2, 0) is 9.59 Å².